The van der Waals surface area contributed by atoms with Gasteiger partial charge in [0.15, 0.2) is 5.00 Å². The van der Waals surface area contributed by atoms with Gasteiger partial charge in [0, 0.05) is 19.3 Å². The molecule has 8 nitrogen and oxygen atoms in total. The summed E-state index contributed by atoms with van der Waals surface area (Å²) in [5, 5.41) is 13.7. The Bertz CT molecular complexity index is 785. The van der Waals surface area contributed by atoms with Crippen LogP contribution in [0.5, 0.6) is 0 Å². The number of aromatic nitrogens is 1. The summed E-state index contributed by atoms with van der Waals surface area (Å²) in [5.74, 6) is 0. The molecule has 0 saturated heterocycles. The lowest BCUT2D eigenvalue weighted by atomic mass is 10.3. The van der Waals surface area contributed by atoms with Crippen molar-refractivity contribution in [2.45, 2.75) is 11.1 Å². The van der Waals surface area contributed by atoms with Crippen LogP contribution in [-0.2, 0) is 10.0 Å². The standard InChI is InChI=1S/C11H12N4O4S2/c1-7-3-8(6-13-5-7)14-21(18,19)10-4-9(15(16)17)11(12-2)20-10/h3-6,12,14H,1-2H3. The zero-order valence-electron chi connectivity index (χ0n) is 11.2. The van der Waals surface area contributed by atoms with Gasteiger partial charge in [0.05, 0.1) is 16.8 Å². The Labute approximate surface area is 125 Å². The van der Waals surface area contributed by atoms with Gasteiger partial charge in [-0.3, -0.25) is 19.8 Å². The van der Waals surface area contributed by atoms with Crippen LogP contribution in [0.25, 0.3) is 0 Å². The molecule has 0 unspecified atom stereocenters. The molecule has 2 aromatic heterocycles. The van der Waals surface area contributed by atoms with Crippen molar-refractivity contribution < 1.29 is 13.3 Å². The Kier molecular flexibility index (Phi) is 4.09. The first-order valence-corrected chi connectivity index (χ1v) is 8.04. The zero-order chi connectivity index (χ0) is 15.6. The van der Waals surface area contributed by atoms with E-state index >= 15 is 0 Å². The number of aryl methyl sites for hydroxylation is 1. The van der Waals surface area contributed by atoms with E-state index in [1.54, 1.807) is 19.2 Å². The van der Waals surface area contributed by atoms with Gasteiger partial charge in [-0.15, -0.1) is 0 Å². The summed E-state index contributed by atoms with van der Waals surface area (Å²) in [7, 11) is -2.40. The number of pyridine rings is 1. The van der Waals surface area contributed by atoms with Gasteiger partial charge >= 0.3 is 5.69 Å². The average molecular weight is 328 g/mol. The van der Waals surface area contributed by atoms with Crippen LogP contribution in [0.15, 0.2) is 28.7 Å². The van der Waals surface area contributed by atoms with Crippen LogP contribution >= 0.6 is 11.3 Å². The molecule has 2 heterocycles. The summed E-state index contributed by atoms with van der Waals surface area (Å²) in [5.41, 5.74) is 0.825. The summed E-state index contributed by atoms with van der Waals surface area (Å²) in [6, 6.07) is 2.65. The minimum atomic E-state index is -3.89. The highest BCUT2D eigenvalue weighted by molar-refractivity contribution is 7.94. The third-order valence-corrected chi connectivity index (χ3v) is 5.50. The van der Waals surface area contributed by atoms with Gasteiger partial charge in [-0.25, -0.2) is 8.42 Å². The molecule has 0 fully saturated rings. The average Bonchev–Trinajstić information content (AvgIpc) is 2.83. The molecular weight excluding hydrogens is 316 g/mol. The molecule has 0 spiro atoms. The van der Waals surface area contributed by atoms with E-state index in [4.69, 9.17) is 0 Å². The summed E-state index contributed by atoms with van der Waals surface area (Å²) >= 11 is 0.795. The first-order chi connectivity index (χ1) is 9.83. The smallest absolute Gasteiger partial charge is 0.304 e. The van der Waals surface area contributed by atoms with Crippen LogP contribution in [0.2, 0.25) is 0 Å². The molecule has 0 aliphatic rings. The number of nitrogens with zero attached hydrogens (tertiary/aromatic N) is 2. The highest BCUT2D eigenvalue weighted by Gasteiger charge is 2.25. The Morgan fingerprint density at radius 2 is 2.05 bits per heavy atom. The van der Waals surface area contributed by atoms with Crippen LogP contribution in [0.4, 0.5) is 16.4 Å². The highest BCUT2D eigenvalue weighted by Crippen LogP contribution is 2.37. The van der Waals surface area contributed by atoms with Crippen molar-refractivity contribution in [2.75, 3.05) is 17.1 Å². The lowest BCUT2D eigenvalue weighted by molar-refractivity contribution is -0.383. The Hall–Kier alpha value is -2.20. The number of hydrogen-bond donors (Lipinski definition) is 2. The van der Waals surface area contributed by atoms with Gasteiger partial charge in [-0.1, -0.05) is 11.3 Å². The number of nitrogens with one attached hydrogen (secondary N) is 2. The van der Waals surface area contributed by atoms with Gasteiger partial charge in [0.2, 0.25) is 0 Å². The molecule has 112 valence electrons. The molecule has 0 aromatic carbocycles. The number of anilines is 2. The third kappa shape index (κ3) is 3.28. The van der Waals surface area contributed by atoms with E-state index in [-0.39, 0.29) is 14.9 Å². The van der Waals surface area contributed by atoms with Crippen LogP contribution in [0.1, 0.15) is 5.56 Å². The van der Waals surface area contributed by atoms with Crippen LogP contribution in [0.3, 0.4) is 0 Å². The van der Waals surface area contributed by atoms with Crippen LogP contribution in [-0.4, -0.2) is 25.4 Å². The van der Waals surface area contributed by atoms with E-state index < -0.39 is 14.9 Å². The zero-order valence-corrected chi connectivity index (χ0v) is 12.8. The minimum absolute atomic E-state index is 0.139. The largest absolute Gasteiger partial charge is 0.374 e. The molecule has 0 atom stereocenters. The summed E-state index contributed by atoms with van der Waals surface area (Å²) in [6.45, 7) is 1.78. The lowest BCUT2D eigenvalue weighted by Crippen LogP contribution is -2.11. The Morgan fingerprint density at radius 1 is 1.33 bits per heavy atom. The molecule has 2 aromatic rings. The van der Waals surface area contributed by atoms with E-state index in [9.17, 15) is 18.5 Å². The quantitative estimate of drug-likeness (QED) is 0.642. The van der Waals surface area contributed by atoms with Gasteiger partial charge in [0.1, 0.15) is 4.21 Å². The lowest BCUT2D eigenvalue weighted by Gasteiger charge is -2.05. The number of thiophene rings is 1. The molecule has 0 radical (unpaired) electrons. The van der Waals surface area contributed by atoms with E-state index in [1.165, 1.54) is 13.2 Å². The molecular formula is C11H12N4O4S2. The molecule has 0 amide bonds. The second-order valence-corrected chi connectivity index (χ2v) is 7.10. The fraction of sp³-hybridized carbons (Fsp3) is 0.182. The maximum atomic E-state index is 12.2. The molecule has 0 aliphatic carbocycles. The molecule has 2 N–H and O–H groups in total. The second kappa shape index (κ2) is 5.66. The fourth-order valence-corrected chi connectivity index (χ4v) is 3.94. The Morgan fingerprint density at radius 3 is 2.57 bits per heavy atom. The van der Waals surface area contributed by atoms with E-state index in [2.05, 4.69) is 15.0 Å². The maximum Gasteiger partial charge on any atom is 0.304 e. The number of sulfonamides is 1. The molecule has 0 aliphatic heterocycles. The highest BCUT2D eigenvalue weighted by atomic mass is 32.2. The predicted molar refractivity (Wildman–Crippen MR) is 80.3 cm³/mol. The summed E-state index contributed by atoms with van der Waals surface area (Å²) in [6.07, 6.45) is 2.96. The molecule has 0 bridgehead atoms. The molecule has 10 heteroatoms. The third-order valence-electron chi connectivity index (χ3n) is 2.51. The van der Waals surface area contributed by atoms with Crippen molar-refractivity contribution in [1.82, 2.24) is 4.98 Å². The van der Waals surface area contributed by atoms with Crippen LogP contribution < -0.4 is 10.0 Å². The van der Waals surface area contributed by atoms with Crippen molar-refractivity contribution in [3.8, 4) is 0 Å². The Balaban J connectivity index is 2.38. The summed E-state index contributed by atoms with van der Waals surface area (Å²) in [4.78, 5) is 14.1. The van der Waals surface area contributed by atoms with E-state index in [0.717, 1.165) is 23.0 Å². The number of hydrogen-bond acceptors (Lipinski definition) is 7. The molecule has 21 heavy (non-hydrogen) atoms. The van der Waals surface area contributed by atoms with Crippen molar-refractivity contribution in [3.05, 3.63) is 40.2 Å². The maximum absolute atomic E-state index is 12.2. The van der Waals surface area contributed by atoms with E-state index in [1.807, 2.05) is 0 Å². The molecule has 2 rings (SSSR count). The SMILES string of the molecule is CNc1sc(S(=O)(=O)Nc2cncc(C)c2)cc1[N+](=O)[O-]. The predicted octanol–water partition coefficient (Wildman–Crippen LogP) is 2.20. The van der Waals surface area contributed by atoms with Crippen molar-refractivity contribution in [3.63, 3.8) is 0 Å². The van der Waals surface area contributed by atoms with Crippen LogP contribution in [0, 0.1) is 17.0 Å². The summed E-state index contributed by atoms with van der Waals surface area (Å²) < 4.78 is 26.7. The fourth-order valence-electron chi connectivity index (χ4n) is 1.62. The first-order valence-electron chi connectivity index (χ1n) is 5.74. The second-order valence-electron chi connectivity index (χ2n) is 4.14. The van der Waals surface area contributed by atoms with Crippen molar-refractivity contribution in [2.24, 2.45) is 0 Å². The number of rotatable bonds is 5. The normalized spacial score (nSPS) is 11.1. The van der Waals surface area contributed by atoms with E-state index in [0.29, 0.717) is 5.69 Å². The monoisotopic (exact) mass is 328 g/mol. The van der Waals surface area contributed by atoms with Gasteiger partial charge in [0.25, 0.3) is 10.0 Å². The topological polar surface area (TPSA) is 114 Å². The molecule has 0 saturated carbocycles. The van der Waals surface area contributed by atoms with Crippen molar-refractivity contribution in [1.29, 1.82) is 0 Å². The minimum Gasteiger partial charge on any atom is -0.374 e. The van der Waals surface area contributed by atoms with Gasteiger partial charge < -0.3 is 5.32 Å². The van der Waals surface area contributed by atoms with Gasteiger partial charge in [-0.2, -0.15) is 0 Å². The first kappa shape index (κ1) is 15.2. The van der Waals surface area contributed by atoms with Gasteiger partial charge in [-0.05, 0) is 18.6 Å². The number of nitro groups is 1. The van der Waals surface area contributed by atoms with Crippen molar-refractivity contribution >= 4 is 37.7 Å².